The van der Waals surface area contributed by atoms with E-state index in [2.05, 4.69) is 16.3 Å². The third-order valence-corrected chi connectivity index (χ3v) is 7.25. The van der Waals surface area contributed by atoms with Gasteiger partial charge >= 0.3 is 0 Å². The lowest BCUT2D eigenvalue weighted by Crippen LogP contribution is -2.40. The van der Waals surface area contributed by atoms with Crippen LogP contribution < -0.4 is 0 Å². The van der Waals surface area contributed by atoms with E-state index >= 15 is 0 Å². The maximum Gasteiger partial charge on any atom is 0.277 e. The number of thioether (sulfide) groups is 1. The number of piperidine rings is 1. The van der Waals surface area contributed by atoms with Gasteiger partial charge in [0.1, 0.15) is 5.82 Å². The van der Waals surface area contributed by atoms with Crippen LogP contribution in [-0.2, 0) is 4.79 Å². The fourth-order valence-electron chi connectivity index (χ4n) is 3.66. The predicted molar refractivity (Wildman–Crippen MR) is 119 cm³/mol. The van der Waals surface area contributed by atoms with Crippen LogP contribution in [-0.4, -0.2) is 44.8 Å². The van der Waals surface area contributed by atoms with Gasteiger partial charge in [0, 0.05) is 24.6 Å². The van der Waals surface area contributed by atoms with Gasteiger partial charge in [-0.05, 0) is 49.2 Å². The molecule has 0 spiro atoms. The van der Waals surface area contributed by atoms with E-state index in [0.29, 0.717) is 23.2 Å². The lowest BCUT2D eigenvalue weighted by atomic mass is 9.99. The topological polar surface area (TPSA) is 72.1 Å². The quantitative estimate of drug-likeness (QED) is 0.396. The van der Waals surface area contributed by atoms with Crippen molar-refractivity contribution in [1.29, 1.82) is 0 Å². The fourth-order valence-corrected chi connectivity index (χ4v) is 5.42. The summed E-state index contributed by atoms with van der Waals surface area (Å²) in [5, 5.41) is 9.41. The van der Waals surface area contributed by atoms with Crippen molar-refractivity contribution in [3.8, 4) is 11.5 Å². The molecule has 2 aromatic carbocycles. The zero-order valence-electron chi connectivity index (χ0n) is 16.5. The summed E-state index contributed by atoms with van der Waals surface area (Å²) in [7, 11) is 0. The minimum absolute atomic E-state index is 0.0531. The maximum absolute atomic E-state index is 13.1. The molecule has 1 unspecified atom stereocenters. The van der Waals surface area contributed by atoms with Crippen LogP contribution in [0, 0.1) is 5.82 Å². The summed E-state index contributed by atoms with van der Waals surface area (Å²) >= 11 is 2.94. The monoisotopic (exact) mass is 454 g/mol. The molecule has 31 heavy (non-hydrogen) atoms. The van der Waals surface area contributed by atoms with Crippen molar-refractivity contribution < 1.29 is 13.6 Å². The van der Waals surface area contributed by atoms with Crippen molar-refractivity contribution in [3.05, 3.63) is 59.4 Å². The molecule has 3 heterocycles. The molecular formula is C22H19FN4O2S2. The van der Waals surface area contributed by atoms with Crippen LogP contribution in [0.25, 0.3) is 21.7 Å². The molecule has 0 bridgehead atoms. The van der Waals surface area contributed by atoms with Gasteiger partial charge in [0.15, 0.2) is 0 Å². The molecule has 0 radical (unpaired) electrons. The maximum atomic E-state index is 13.1. The SMILES string of the molecule is O=C(CSc1nnc(-c2ccc(F)cc2)o1)N1CCCC(c2nc3ccccc3s2)C1. The second-order valence-corrected chi connectivity index (χ2v) is 9.36. The van der Waals surface area contributed by atoms with E-state index < -0.39 is 0 Å². The molecule has 0 saturated carbocycles. The first kappa shape index (κ1) is 20.1. The molecule has 0 N–H and O–H groups in total. The number of likely N-dealkylation sites (tertiary alicyclic amines) is 1. The van der Waals surface area contributed by atoms with E-state index in [1.807, 2.05) is 23.1 Å². The Hall–Kier alpha value is -2.78. The lowest BCUT2D eigenvalue weighted by Gasteiger charge is -2.31. The number of thiazole rings is 1. The van der Waals surface area contributed by atoms with Crippen LogP contribution in [0.3, 0.4) is 0 Å². The number of para-hydroxylation sites is 1. The highest BCUT2D eigenvalue weighted by atomic mass is 32.2. The summed E-state index contributed by atoms with van der Waals surface area (Å²) in [5.41, 5.74) is 1.66. The molecule has 1 saturated heterocycles. The van der Waals surface area contributed by atoms with Crippen LogP contribution in [0.5, 0.6) is 0 Å². The van der Waals surface area contributed by atoms with E-state index in [0.717, 1.165) is 29.9 Å². The highest BCUT2D eigenvalue weighted by Gasteiger charge is 2.27. The van der Waals surface area contributed by atoms with Gasteiger partial charge in [-0.2, -0.15) is 0 Å². The number of amides is 1. The summed E-state index contributed by atoms with van der Waals surface area (Å²) in [4.78, 5) is 19.5. The average molecular weight is 455 g/mol. The Morgan fingerprint density at radius 3 is 2.87 bits per heavy atom. The second-order valence-electron chi connectivity index (χ2n) is 7.37. The molecule has 1 amide bonds. The minimum atomic E-state index is -0.325. The van der Waals surface area contributed by atoms with Gasteiger partial charge in [0.05, 0.1) is 21.0 Å². The Kier molecular flexibility index (Phi) is 5.69. The Morgan fingerprint density at radius 1 is 1.19 bits per heavy atom. The van der Waals surface area contributed by atoms with E-state index in [1.165, 1.54) is 28.6 Å². The van der Waals surface area contributed by atoms with Crippen molar-refractivity contribution in [2.45, 2.75) is 24.0 Å². The number of hydrogen-bond acceptors (Lipinski definition) is 7. The first-order valence-corrected chi connectivity index (χ1v) is 11.8. The number of carbonyl (C=O) groups is 1. The average Bonchev–Trinajstić information content (AvgIpc) is 3.45. The number of carbonyl (C=O) groups excluding carboxylic acids is 1. The summed E-state index contributed by atoms with van der Waals surface area (Å²) < 4.78 is 19.9. The number of rotatable bonds is 5. The smallest absolute Gasteiger partial charge is 0.277 e. The molecule has 5 rings (SSSR count). The third-order valence-electron chi connectivity index (χ3n) is 5.25. The molecule has 4 aromatic rings. The largest absolute Gasteiger partial charge is 0.411 e. The van der Waals surface area contributed by atoms with Crippen molar-refractivity contribution >= 4 is 39.2 Å². The Balaban J connectivity index is 1.20. The normalized spacial score (nSPS) is 16.7. The van der Waals surface area contributed by atoms with Crippen LogP contribution in [0.1, 0.15) is 23.8 Å². The van der Waals surface area contributed by atoms with Gasteiger partial charge in [0.2, 0.25) is 11.8 Å². The molecule has 6 nitrogen and oxygen atoms in total. The van der Waals surface area contributed by atoms with Crippen LogP contribution in [0.15, 0.2) is 58.2 Å². The Morgan fingerprint density at radius 2 is 2.03 bits per heavy atom. The zero-order chi connectivity index (χ0) is 21.2. The lowest BCUT2D eigenvalue weighted by molar-refractivity contribution is -0.129. The predicted octanol–water partition coefficient (Wildman–Crippen LogP) is 4.98. The molecule has 1 aliphatic heterocycles. The van der Waals surface area contributed by atoms with Gasteiger partial charge < -0.3 is 9.32 Å². The molecule has 1 atom stereocenters. The van der Waals surface area contributed by atoms with E-state index in [4.69, 9.17) is 9.40 Å². The highest BCUT2D eigenvalue weighted by Crippen LogP contribution is 2.33. The van der Waals surface area contributed by atoms with Crippen LogP contribution >= 0.6 is 23.1 Å². The van der Waals surface area contributed by atoms with E-state index in [9.17, 15) is 9.18 Å². The Labute approximate surface area is 186 Å². The van der Waals surface area contributed by atoms with E-state index in [1.54, 1.807) is 23.5 Å². The molecule has 1 fully saturated rings. The molecule has 1 aliphatic rings. The number of nitrogens with zero attached hydrogens (tertiary/aromatic N) is 4. The fraction of sp³-hybridized carbons (Fsp3) is 0.273. The summed E-state index contributed by atoms with van der Waals surface area (Å²) in [6, 6.07) is 14.0. The zero-order valence-corrected chi connectivity index (χ0v) is 18.2. The standard InChI is InChI=1S/C22H19FN4O2S2/c23-16-9-7-14(8-10-16)20-25-26-22(29-20)30-13-19(28)27-11-3-4-15(12-27)21-24-17-5-1-2-6-18(17)31-21/h1-2,5-10,15H,3-4,11-13H2. The number of aromatic nitrogens is 3. The van der Waals surface area contributed by atoms with Gasteiger partial charge in [-0.25, -0.2) is 9.37 Å². The van der Waals surface area contributed by atoms with Gasteiger partial charge in [-0.15, -0.1) is 21.5 Å². The Bertz CT molecular complexity index is 1170. The highest BCUT2D eigenvalue weighted by molar-refractivity contribution is 7.99. The molecular weight excluding hydrogens is 435 g/mol. The number of fused-ring (bicyclic) bond motifs is 1. The summed E-state index contributed by atoms with van der Waals surface area (Å²) in [6.45, 7) is 1.44. The molecule has 2 aromatic heterocycles. The molecule has 158 valence electrons. The van der Waals surface area contributed by atoms with E-state index in [-0.39, 0.29) is 23.4 Å². The second kappa shape index (κ2) is 8.76. The van der Waals surface area contributed by atoms with Crippen molar-refractivity contribution in [1.82, 2.24) is 20.1 Å². The number of benzene rings is 2. The molecule has 0 aliphatic carbocycles. The van der Waals surface area contributed by atoms with Crippen LogP contribution in [0.4, 0.5) is 4.39 Å². The molecule has 9 heteroatoms. The van der Waals surface area contributed by atoms with Crippen molar-refractivity contribution in [2.24, 2.45) is 0 Å². The summed E-state index contributed by atoms with van der Waals surface area (Å²) in [5.74, 6) is 0.543. The third kappa shape index (κ3) is 4.47. The first-order valence-electron chi connectivity index (χ1n) is 10.0. The summed E-state index contributed by atoms with van der Waals surface area (Å²) in [6.07, 6.45) is 2.01. The van der Waals surface area contributed by atoms with Gasteiger partial charge in [-0.1, -0.05) is 23.9 Å². The van der Waals surface area contributed by atoms with Crippen molar-refractivity contribution in [2.75, 3.05) is 18.8 Å². The number of hydrogen-bond donors (Lipinski definition) is 0. The minimum Gasteiger partial charge on any atom is -0.411 e. The number of halogens is 1. The van der Waals surface area contributed by atoms with Crippen molar-refractivity contribution in [3.63, 3.8) is 0 Å². The van der Waals surface area contributed by atoms with Gasteiger partial charge in [0.25, 0.3) is 5.22 Å². The van der Waals surface area contributed by atoms with Crippen LogP contribution in [0.2, 0.25) is 0 Å². The van der Waals surface area contributed by atoms with Gasteiger partial charge in [-0.3, -0.25) is 4.79 Å². The first-order chi connectivity index (χ1) is 15.2.